The fourth-order valence-electron chi connectivity index (χ4n) is 5.26. The van der Waals surface area contributed by atoms with Crippen LogP contribution in [0.5, 0.6) is 0 Å². The molecule has 0 aromatic heterocycles. The lowest BCUT2D eigenvalue weighted by molar-refractivity contribution is -0.737. The number of hydrogen-bond acceptors (Lipinski definition) is 4. The molecule has 1 saturated heterocycles. The molecule has 2 saturated carbocycles. The minimum atomic E-state index is -0.868. The summed E-state index contributed by atoms with van der Waals surface area (Å²) in [6.45, 7) is 2.30. The Hall–Kier alpha value is -0.650. The fraction of sp³-hybridized carbons (Fsp3) is 0.944. The molecule has 0 aromatic rings. The van der Waals surface area contributed by atoms with Gasteiger partial charge in [0, 0.05) is 49.8 Å². The third kappa shape index (κ3) is 3.89. The number of quaternary nitrogens is 1. The summed E-state index contributed by atoms with van der Waals surface area (Å²) in [5, 5.41) is 17.8. The van der Waals surface area contributed by atoms with Gasteiger partial charge >= 0.3 is 0 Å². The molecule has 132 valence electrons. The number of rotatable bonds is 4. The van der Waals surface area contributed by atoms with Crippen LogP contribution in [0.1, 0.15) is 58.3 Å². The van der Waals surface area contributed by atoms with Crippen LogP contribution in [-0.2, 0) is 9.53 Å². The van der Waals surface area contributed by atoms with Gasteiger partial charge in [0.2, 0.25) is 0 Å². The Labute approximate surface area is 139 Å². The van der Waals surface area contributed by atoms with E-state index >= 15 is 0 Å². The van der Waals surface area contributed by atoms with E-state index in [1.165, 1.54) is 6.42 Å². The van der Waals surface area contributed by atoms with Gasteiger partial charge in [-0.15, -0.1) is 0 Å². The zero-order valence-electron chi connectivity index (χ0n) is 14.5. The summed E-state index contributed by atoms with van der Waals surface area (Å²) in [4.78, 5) is 11.5. The molecular formula is C18H32N2O3. The molecule has 7 atom stereocenters. The molecule has 1 heterocycles. The molecule has 0 spiro atoms. The van der Waals surface area contributed by atoms with Crippen LogP contribution in [0.2, 0.25) is 0 Å². The molecule has 3 rings (SSSR count). The van der Waals surface area contributed by atoms with Gasteiger partial charge < -0.3 is 25.3 Å². The Bertz CT molecular complexity index is 417. The highest BCUT2D eigenvalue weighted by atomic mass is 16.5. The Balaban J connectivity index is 1.69. The second kappa shape index (κ2) is 7.49. The van der Waals surface area contributed by atoms with Crippen molar-refractivity contribution in [3.05, 3.63) is 0 Å². The van der Waals surface area contributed by atoms with E-state index in [4.69, 9.17) is 4.74 Å². The number of aliphatic carboxylic acids is 1. The van der Waals surface area contributed by atoms with E-state index in [0.29, 0.717) is 30.1 Å². The van der Waals surface area contributed by atoms with Crippen molar-refractivity contribution in [2.75, 3.05) is 7.11 Å². The molecule has 5 nitrogen and oxygen atoms in total. The maximum Gasteiger partial charge on any atom is 0.0906 e. The number of methoxy groups -OCH3 is 1. The summed E-state index contributed by atoms with van der Waals surface area (Å²) < 4.78 is 5.62. The summed E-state index contributed by atoms with van der Waals surface area (Å²) >= 11 is 0. The van der Waals surface area contributed by atoms with Gasteiger partial charge in [0.15, 0.2) is 0 Å². The number of carbonyl (C=O) groups is 1. The summed E-state index contributed by atoms with van der Waals surface area (Å²) in [6.07, 6.45) is 8.83. The predicted octanol–water partition coefficient (Wildman–Crippen LogP) is -0.207. The smallest absolute Gasteiger partial charge is 0.0906 e. The van der Waals surface area contributed by atoms with Crippen LogP contribution in [0.25, 0.3) is 0 Å². The number of piperidine rings is 1. The molecule has 7 unspecified atom stereocenters. The summed E-state index contributed by atoms with van der Waals surface area (Å²) in [6, 6.07) is 1.78. The van der Waals surface area contributed by atoms with Gasteiger partial charge in [0.1, 0.15) is 0 Å². The predicted molar refractivity (Wildman–Crippen MR) is 85.6 cm³/mol. The van der Waals surface area contributed by atoms with Crippen molar-refractivity contribution in [2.45, 2.75) is 88.6 Å². The van der Waals surface area contributed by atoms with Crippen molar-refractivity contribution in [2.24, 2.45) is 11.8 Å². The molecule has 23 heavy (non-hydrogen) atoms. The first kappa shape index (κ1) is 17.2. The van der Waals surface area contributed by atoms with Crippen molar-refractivity contribution in [1.82, 2.24) is 5.32 Å². The fourth-order valence-corrected chi connectivity index (χ4v) is 5.26. The average molecular weight is 324 g/mol. The number of ether oxygens (including phenoxy) is 1. The third-order valence-electron chi connectivity index (χ3n) is 6.46. The van der Waals surface area contributed by atoms with E-state index in [2.05, 4.69) is 17.6 Å². The molecule has 0 amide bonds. The molecule has 3 N–H and O–H groups in total. The first-order valence-corrected chi connectivity index (χ1v) is 9.43. The minimum Gasteiger partial charge on any atom is -0.550 e. The molecule has 2 aliphatic carbocycles. The zero-order chi connectivity index (χ0) is 16.4. The molecule has 0 radical (unpaired) electrons. The number of nitrogens with one attached hydrogen (secondary N) is 1. The largest absolute Gasteiger partial charge is 0.550 e. The van der Waals surface area contributed by atoms with E-state index in [-0.39, 0.29) is 12.0 Å². The van der Waals surface area contributed by atoms with Gasteiger partial charge in [-0.2, -0.15) is 0 Å². The standard InChI is InChI=1S/C18H32N2O3/c1-11-9-17(14-10-12(23-2)7-8-16(14)19-11)20-15-6-4-3-5-13(15)18(21)22/h11-17,19-20H,3-10H2,1-2H3,(H,21,22). The topological polar surface area (TPSA) is 78.0 Å². The van der Waals surface area contributed by atoms with Crippen molar-refractivity contribution in [3.63, 3.8) is 0 Å². The SMILES string of the molecule is COC1CCC2[NH2+]C(C)CC(NC3CCCCC3C(=O)[O-])C2C1. The summed E-state index contributed by atoms with van der Waals surface area (Å²) in [5.74, 6) is -0.591. The average Bonchev–Trinajstić information content (AvgIpc) is 2.54. The lowest BCUT2D eigenvalue weighted by Gasteiger charge is -2.46. The van der Waals surface area contributed by atoms with Crippen LogP contribution in [0.4, 0.5) is 0 Å². The van der Waals surface area contributed by atoms with Gasteiger partial charge in [-0.1, -0.05) is 12.8 Å². The van der Waals surface area contributed by atoms with Crippen molar-refractivity contribution in [3.8, 4) is 0 Å². The Morgan fingerprint density at radius 2 is 1.91 bits per heavy atom. The van der Waals surface area contributed by atoms with Crippen LogP contribution in [-0.4, -0.2) is 43.4 Å². The molecule has 5 heteroatoms. The summed E-state index contributed by atoms with van der Waals surface area (Å²) in [7, 11) is 1.82. The lowest BCUT2D eigenvalue weighted by Crippen LogP contribution is -2.99. The molecule has 1 aliphatic heterocycles. The summed E-state index contributed by atoms with van der Waals surface area (Å²) in [5.41, 5.74) is 0. The Morgan fingerprint density at radius 1 is 1.13 bits per heavy atom. The second-order valence-electron chi connectivity index (χ2n) is 7.99. The normalized spacial score (nSPS) is 44.5. The van der Waals surface area contributed by atoms with Crippen molar-refractivity contribution >= 4 is 5.97 Å². The van der Waals surface area contributed by atoms with Gasteiger partial charge in [-0.3, -0.25) is 0 Å². The van der Waals surface area contributed by atoms with Crippen molar-refractivity contribution < 1.29 is 20.0 Å². The highest BCUT2D eigenvalue weighted by molar-refractivity contribution is 5.68. The first-order chi connectivity index (χ1) is 11.1. The third-order valence-corrected chi connectivity index (χ3v) is 6.46. The zero-order valence-corrected chi connectivity index (χ0v) is 14.5. The molecule has 0 aromatic carbocycles. The van der Waals surface area contributed by atoms with E-state index in [9.17, 15) is 9.90 Å². The van der Waals surface area contributed by atoms with Gasteiger partial charge in [-0.05, 0) is 32.6 Å². The second-order valence-corrected chi connectivity index (χ2v) is 7.99. The lowest BCUT2D eigenvalue weighted by atomic mass is 9.72. The molecular weight excluding hydrogens is 292 g/mol. The van der Waals surface area contributed by atoms with Crippen LogP contribution in [0, 0.1) is 11.8 Å². The Kier molecular flexibility index (Phi) is 5.60. The number of carboxylic acid groups (broad SMARTS) is 1. The monoisotopic (exact) mass is 324 g/mol. The highest BCUT2D eigenvalue weighted by Crippen LogP contribution is 2.33. The van der Waals surface area contributed by atoms with Gasteiger partial charge in [0.25, 0.3) is 0 Å². The number of nitrogens with two attached hydrogens (primary N) is 1. The quantitative estimate of drug-likeness (QED) is 0.750. The van der Waals surface area contributed by atoms with Crippen molar-refractivity contribution in [1.29, 1.82) is 0 Å². The van der Waals surface area contributed by atoms with E-state index in [1.807, 2.05) is 7.11 Å². The highest BCUT2D eigenvalue weighted by Gasteiger charge is 2.44. The number of hydrogen-bond donors (Lipinski definition) is 2. The maximum absolute atomic E-state index is 11.5. The first-order valence-electron chi connectivity index (χ1n) is 9.43. The molecule has 0 bridgehead atoms. The van der Waals surface area contributed by atoms with E-state index in [0.717, 1.165) is 44.9 Å². The van der Waals surface area contributed by atoms with Crippen LogP contribution in [0.15, 0.2) is 0 Å². The minimum absolute atomic E-state index is 0.0904. The Morgan fingerprint density at radius 3 is 2.65 bits per heavy atom. The van der Waals surface area contributed by atoms with Crippen LogP contribution < -0.4 is 15.7 Å². The van der Waals surface area contributed by atoms with E-state index < -0.39 is 5.97 Å². The van der Waals surface area contributed by atoms with Gasteiger partial charge in [0.05, 0.1) is 18.2 Å². The van der Waals surface area contributed by atoms with Crippen LogP contribution in [0.3, 0.4) is 0 Å². The molecule has 3 aliphatic rings. The van der Waals surface area contributed by atoms with Gasteiger partial charge in [-0.25, -0.2) is 0 Å². The number of carbonyl (C=O) groups excluding carboxylic acids is 1. The number of fused-ring (bicyclic) bond motifs is 1. The van der Waals surface area contributed by atoms with Crippen LogP contribution >= 0.6 is 0 Å². The van der Waals surface area contributed by atoms with E-state index in [1.54, 1.807) is 0 Å². The number of carboxylic acids is 1. The maximum atomic E-state index is 11.5. The molecule has 3 fully saturated rings.